The third kappa shape index (κ3) is 7.59. The van der Waals surface area contributed by atoms with Crippen molar-refractivity contribution in [3.05, 3.63) is 59.7 Å². The molecule has 6 heteroatoms. The number of nitrogens with zero attached hydrogens (tertiary/aromatic N) is 1. The van der Waals surface area contributed by atoms with Gasteiger partial charge in [-0.25, -0.2) is 0 Å². The second-order valence-electron chi connectivity index (χ2n) is 9.64. The topological polar surface area (TPSA) is 61.4 Å². The Kier molecular flexibility index (Phi) is 8.71. The van der Waals surface area contributed by atoms with Gasteiger partial charge in [-0.15, -0.1) is 0 Å². The van der Waals surface area contributed by atoms with Gasteiger partial charge in [0.1, 0.15) is 0 Å². The molecule has 172 valence electrons. The lowest BCUT2D eigenvalue weighted by Gasteiger charge is -2.32. The summed E-state index contributed by atoms with van der Waals surface area (Å²) in [4.78, 5) is 27.1. The molecule has 2 amide bonds. The molecule has 0 atom stereocenters. The Morgan fingerprint density at radius 3 is 2.34 bits per heavy atom. The van der Waals surface area contributed by atoms with E-state index in [4.69, 9.17) is 0 Å². The van der Waals surface area contributed by atoms with Gasteiger partial charge in [-0.2, -0.15) is 0 Å². The number of amides is 2. The van der Waals surface area contributed by atoms with Gasteiger partial charge in [0, 0.05) is 22.1 Å². The molecule has 1 heterocycles. The van der Waals surface area contributed by atoms with Crippen molar-refractivity contribution in [1.82, 2.24) is 15.5 Å². The predicted octanol–water partition coefficient (Wildman–Crippen LogP) is 4.65. The molecule has 32 heavy (non-hydrogen) atoms. The summed E-state index contributed by atoms with van der Waals surface area (Å²) in [5.74, 6) is 0.501. The van der Waals surface area contributed by atoms with Gasteiger partial charge in [0.2, 0.25) is 5.91 Å². The van der Waals surface area contributed by atoms with Crippen molar-refractivity contribution < 1.29 is 9.59 Å². The summed E-state index contributed by atoms with van der Waals surface area (Å²) in [6.45, 7) is 8.89. The first-order valence-electron chi connectivity index (χ1n) is 11.3. The first-order valence-corrected chi connectivity index (χ1v) is 12.8. The van der Waals surface area contributed by atoms with Crippen molar-refractivity contribution in [3.63, 3.8) is 0 Å². The zero-order valence-electron chi connectivity index (χ0n) is 19.3. The second kappa shape index (κ2) is 11.3. The van der Waals surface area contributed by atoms with Crippen LogP contribution in [-0.2, 0) is 9.22 Å². The van der Waals surface area contributed by atoms with Crippen LogP contribution in [0.25, 0.3) is 11.1 Å². The average molecular weight is 547 g/mol. The Hall–Kier alpha value is -1.93. The Balaban J connectivity index is 1.47. The summed E-state index contributed by atoms with van der Waals surface area (Å²) < 4.78 is 0.990. The monoisotopic (exact) mass is 547 g/mol. The lowest BCUT2D eigenvalue weighted by atomic mass is 9.96. The molecule has 1 saturated heterocycles. The van der Waals surface area contributed by atoms with E-state index in [0.717, 1.165) is 41.5 Å². The molecule has 3 rings (SSSR count). The van der Waals surface area contributed by atoms with Gasteiger partial charge in [-0.1, -0.05) is 59.0 Å². The summed E-state index contributed by atoms with van der Waals surface area (Å²) in [6, 6.07) is 16.3. The van der Waals surface area contributed by atoms with Crippen LogP contribution < -0.4 is 10.6 Å². The van der Waals surface area contributed by atoms with E-state index in [1.54, 1.807) is 0 Å². The molecule has 2 aromatic carbocycles. The number of halogens is 1. The second-order valence-corrected chi connectivity index (χ2v) is 10.4. The van der Waals surface area contributed by atoms with Gasteiger partial charge in [-0.3, -0.25) is 14.5 Å². The van der Waals surface area contributed by atoms with Crippen LogP contribution in [-0.4, -0.2) is 48.4 Å². The van der Waals surface area contributed by atoms with Gasteiger partial charge in [-0.05, 0) is 81.4 Å². The van der Waals surface area contributed by atoms with Crippen LogP contribution in [0.15, 0.2) is 48.5 Å². The van der Waals surface area contributed by atoms with Gasteiger partial charge in [0.15, 0.2) is 0 Å². The Morgan fingerprint density at radius 2 is 1.72 bits per heavy atom. The number of nitrogens with one attached hydrogen (secondary N) is 2. The van der Waals surface area contributed by atoms with E-state index in [1.807, 2.05) is 45.0 Å². The van der Waals surface area contributed by atoms with Gasteiger partial charge in [0.25, 0.3) is 5.91 Å². The predicted molar refractivity (Wildman–Crippen MR) is 139 cm³/mol. The van der Waals surface area contributed by atoms with Crippen molar-refractivity contribution in [2.24, 2.45) is 5.92 Å². The summed E-state index contributed by atoms with van der Waals surface area (Å²) in [5, 5.41) is 6.13. The number of likely N-dealkylation sites (tertiary alicyclic amines) is 1. The van der Waals surface area contributed by atoms with Crippen molar-refractivity contribution in [3.8, 4) is 11.1 Å². The molecule has 0 aromatic heterocycles. The zero-order valence-corrected chi connectivity index (χ0v) is 21.4. The van der Waals surface area contributed by atoms with Crippen LogP contribution in [0.3, 0.4) is 0 Å². The van der Waals surface area contributed by atoms with Crippen LogP contribution in [0.1, 0.15) is 49.5 Å². The minimum absolute atomic E-state index is 0.0253. The third-order valence-electron chi connectivity index (χ3n) is 5.71. The fourth-order valence-electron chi connectivity index (χ4n) is 3.97. The zero-order chi connectivity index (χ0) is 23.1. The molecule has 0 saturated carbocycles. The normalized spacial score (nSPS) is 15.4. The number of piperidine rings is 1. The fraction of sp³-hybridized carbons (Fsp3) is 0.462. The number of carbonyl (C=O) groups excluding carboxylic acids is 2. The average Bonchev–Trinajstić information content (AvgIpc) is 2.77. The van der Waals surface area contributed by atoms with E-state index in [1.165, 1.54) is 5.56 Å². The largest absolute Gasteiger partial charge is 0.352 e. The van der Waals surface area contributed by atoms with Crippen molar-refractivity contribution in [2.45, 2.75) is 43.6 Å². The molecule has 0 bridgehead atoms. The van der Waals surface area contributed by atoms with Crippen LogP contribution in [0.5, 0.6) is 0 Å². The molecular weight excluding hydrogens is 513 g/mol. The molecule has 0 radical (unpaired) electrons. The number of benzene rings is 2. The standard InChI is InChI=1S/C26H34IN3O2/c1-26(2,3)29-24(31)18-30-13-11-20(12-14-30)17-28-25(32)23-6-4-5-22(15-23)21-9-7-19(16-27)8-10-21/h4-10,15,20H,11-14,16-18H2,1-3H3,(H,28,32)(H,29,31). The SMILES string of the molecule is CC(C)(C)NC(=O)CN1CCC(CNC(=O)c2cccc(-c3ccc(CI)cc3)c2)CC1. The Morgan fingerprint density at radius 1 is 1.03 bits per heavy atom. The van der Waals surface area contributed by atoms with E-state index in [0.29, 0.717) is 24.6 Å². The Bertz CT molecular complexity index is 913. The first kappa shape index (κ1) is 24.7. The highest BCUT2D eigenvalue weighted by molar-refractivity contribution is 14.1. The number of rotatable bonds is 7. The van der Waals surface area contributed by atoms with Crippen LogP contribution in [0, 0.1) is 5.92 Å². The van der Waals surface area contributed by atoms with E-state index < -0.39 is 0 Å². The van der Waals surface area contributed by atoms with Gasteiger partial charge < -0.3 is 10.6 Å². The van der Waals surface area contributed by atoms with Gasteiger partial charge >= 0.3 is 0 Å². The van der Waals surface area contributed by atoms with E-state index in [9.17, 15) is 9.59 Å². The van der Waals surface area contributed by atoms with Crippen molar-refractivity contribution in [1.29, 1.82) is 0 Å². The lowest BCUT2D eigenvalue weighted by Crippen LogP contribution is -2.48. The maximum absolute atomic E-state index is 12.7. The summed E-state index contributed by atoms with van der Waals surface area (Å²) in [7, 11) is 0. The molecule has 5 nitrogen and oxygen atoms in total. The molecule has 2 aromatic rings. The number of hydrogen-bond acceptors (Lipinski definition) is 3. The number of hydrogen-bond donors (Lipinski definition) is 2. The highest BCUT2D eigenvalue weighted by atomic mass is 127. The van der Waals surface area contributed by atoms with Crippen LogP contribution in [0.2, 0.25) is 0 Å². The van der Waals surface area contributed by atoms with E-state index in [2.05, 4.69) is 62.4 Å². The number of alkyl halides is 1. The molecule has 2 N–H and O–H groups in total. The highest BCUT2D eigenvalue weighted by Crippen LogP contribution is 2.22. The Labute approximate surface area is 205 Å². The van der Waals surface area contributed by atoms with Crippen LogP contribution >= 0.6 is 22.6 Å². The molecule has 0 spiro atoms. The van der Waals surface area contributed by atoms with E-state index >= 15 is 0 Å². The van der Waals surface area contributed by atoms with Gasteiger partial charge in [0.05, 0.1) is 6.54 Å². The van der Waals surface area contributed by atoms with Crippen molar-refractivity contribution >= 4 is 34.4 Å². The molecule has 1 aliphatic rings. The molecular formula is C26H34IN3O2. The maximum Gasteiger partial charge on any atom is 0.251 e. The molecule has 1 aliphatic heterocycles. The third-order valence-corrected chi connectivity index (χ3v) is 6.59. The first-order chi connectivity index (χ1) is 15.2. The maximum atomic E-state index is 12.7. The quantitative estimate of drug-likeness (QED) is 0.392. The summed E-state index contributed by atoms with van der Waals surface area (Å²) in [6.07, 6.45) is 1.98. The highest BCUT2D eigenvalue weighted by Gasteiger charge is 2.23. The van der Waals surface area contributed by atoms with E-state index in [-0.39, 0.29) is 17.4 Å². The molecule has 0 aliphatic carbocycles. The lowest BCUT2D eigenvalue weighted by molar-refractivity contribution is -0.124. The minimum Gasteiger partial charge on any atom is -0.352 e. The minimum atomic E-state index is -0.199. The smallest absolute Gasteiger partial charge is 0.251 e. The van der Waals surface area contributed by atoms with Crippen molar-refractivity contribution in [2.75, 3.05) is 26.2 Å². The summed E-state index contributed by atoms with van der Waals surface area (Å²) >= 11 is 2.36. The number of carbonyl (C=O) groups is 2. The fourth-order valence-corrected chi connectivity index (χ4v) is 4.48. The summed E-state index contributed by atoms with van der Waals surface area (Å²) in [5.41, 5.74) is 3.96. The molecule has 0 unspecified atom stereocenters. The van der Waals surface area contributed by atoms with Crippen LogP contribution in [0.4, 0.5) is 0 Å². The molecule has 1 fully saturated rings.